The highest BCUT2D eigenvalue weighted by Gasteiger charge is 2.27. The largest absolute Gasteiger partial charge is 0.381 e. The van der Waals surface area contributed by atoms with E-state index in [1.54, 1.807) is 0 Å². The number of nitrogens with two attached hydrogens (primary N) is 1. The summed E-state index contributed by atoms with van der Waals surface area (Å²) in [5.41, 5.74) is 8.04. The van der Waals surface area contributed by atoms with Crippen molar-refractivity contribution in [3.8, 4) is 0 Å². The van der Waals surface area contributed by atoms with Crippen LogP contribution in [0.3, 0.4) is 0 Å². The monoisotopic (exact) mass is 250 g/mol. The first-order chi connectivity index (χ1) is 8.88. The molecule has 0 bridgehead atoms. The van der Waals surface area contributed by atoms with Gasteiger partial charge in [-0.1, -0.05) is 18.1 Å². The molecule has 100 valence electrons. The van der Waals surface area contributed by atoms with Gasteiger partial charge in [-0.2, -0.15) is 0 Å². The van der Waals surface area contributed by atoms with E-state index in [1.807, 2.05) is 0 Å². The van der Waals surface area contributed by atoms with Crippen LogP contribution in [0.25, 0.3) is 0 Å². The zero-order chi connectivity index (χ0) is 12.4. The summed E-state index contributed by atoms with van der Waals surface area (Å²) in [4.78, 5) is 0. The van der Waals surface area contributed by atoms with Gasteiger partial charge in [0, 0.05) is 25.5 Å². The maximum absolute atomic E-state index is 5.66. The van der Waals surface area contributed by atoms with Crippen molar-refractivity contribution in [2.24, 2.45) is 11.7 Å². The Morgan fingerprint density at radius 2 is 2.22 bits per heavy atom. The van der Waals surface area contributed by atoms with E-state index in [1.165, 1.54) is 25.0 Å². The third-order valence-corrected chi connectivity index (χ3v) is 3.99. The zero-order valence-corrected chi connectivity index (χ0v) is 10.8. The van der Waals surface area contributed by atoms with Crippen LogP contribution in [0, 0.1) is 5.92 Å². The van der Waals surface area contributed by atoms with Crippen LogP contribution >= 0.6 is 0 Å². The number of rotatable bonds is 6. The molecule has 0 aromatic carbocycles. The van der Waals surface area contributed by atoms with Crippen molar-refractivity contribution in [2.75, 3.05) is 19.8 Å². The minimum absolute atomic E-state index is 0.473. The first-order valence-corrected chi connectivity index (χ1v) is 7.08. The van der Waals surface area contributed by atoms with Crippen LogP contribution in [0.15, 0.2) is 0 Å². The lowest BCUT2D eigenvalue weighted by Gasteiger charge is -2.12. The van der Waals surface area contributed by atoms with Crippen molar-refractivity contribution >= 4 is 0 Å². The molecule has 18 heavy (non-hydrogen) atoms. The second kappa shape index (κ2) is 5.36. The van der Waals surface area contributed by atoms with E-state index in [0.717, 1.165) is 44.2 Å². The van der Waals surface area contributed by atoms with Gasteiger partial charge in [0.05, 0.1) is 18.0 Å². The number of aromatic nitrogens is 3. The van der Waals surface area contributed by atoms with Crippen LogP contribution in [-0.2, 0) is 17.7 Å². The lowest BCUT2D eigenvalue weighted by atomic mass is 10.0. The zero-order valence-electron chi connectivity index (χ0n) is 10.8. The SMILES string of the molecule is NCCc1nnn(CCC2CC2)c1C1CCOC1. The van der Waals surface area contributed by atoms with E-state index in [-0.39, 0.29) is 0 Å². The molecular weight excluding hydrogens is 228 g/mol. The van der Waals surface area contributed by atoms with Gasteiger partial charge in [-0.25, -0.2) is 4.68 Å². The highest BCUT2D eigenvalue weighted by molar-refractivity contribution is 5.17. The topological polar surface area (TPSA) is 66.0 Å². The van der Waals surface area contributed by atoms with Crippen molar-refractivity contribution in [3.05, 3.63) is 11.4 Å². The van der Waals surface area contributed by atoms with Crippen molar-refractivity contribution in [2.45, 2.75) is 44.6 Å². The molecule has 1 unspecified atom stereocenters. The van der Waals surface area contributed by atoms with E-state index in [4.69, 9.17) is 10.5 Å². The van der Waals surface area contributed by atoms with Crippen LogP contribution in [0.1, 0.15) is 43.0 Å². The Hall–Kier alpha value is -0.940. The third kappa shape index (κ3) is 2.57. The predicted octanol–water partition coefficient (Wildman–Crippen LogP) is 1.08. The van der Waals surface area contributed by atoms with Crippen LogP contribution in [0.4, 0.5) is 0 Å². The molecule has 0 spiro atoms. The highest BCUT2D eigenvalue weighted by Crippen LogP contribution is 2.34. The number of hydrogen-bond donors (Lipinski definition) is 1. The fraction of sp³-hybridized carbons (Fsp3) is 0.846. The Morgan fingerprint density at radius 3 is 2.89 bits per heavy atom. The Balaban J connectivity index is 1.76. The molecule has 5 nitrogen and oxygen atoms in total. The molecule has 0 radical (unpaired) electrons. The summed E-state index contributed by atoms with van der Waals surface area (Å²) in [5.74, 6) is 1.40. The molecule has 5 heteroatoms. The van der Waals surface area contributed by atoms with Gasteiger partial charge in [0.1, 0.15) is 0 Å². The number of nitrogens with zero attached hydrogens (tertiary/aromatic N) is 3. The second-order valence-electron chi connectivity index (χ2n) is 5.48. The van der Waals surface area contributed by atoms with E-state index < -0.39 is 0 Å². The Morgan fingerprint density at radius 1 is 1.33 bits per heavy atom. The van der Waals surface area contributed by atoms with Crippen LogP contribution in [0.2, 0.25) is 0 Å². The Bertz CT molecular complexity index is 394. The fourth-order valence-corrected chi connectivity index (χ4v) is 2.74. The van der Waals surface area contributed by atoms with E-state index in [9.17, 15) is 0 Å². The molecule has 1 aliphatic carbocycles. The Labute approximate surface area is 108 Å². The number of ether oxygens (including phenoxy) is 1. The highest BCUT2D eigenvalue weighted by atomic mass is 16.5. The normalized spacial score (nSPS) is 23.7. The van der Waals surface area contributed by atoms with Gasteiger partial charge in [-0.05, 0) is 25.3 Å². The summed E-state index contributed by atoms with van der Waals surface area (Å²) < 4.78 is 7.62. The molecule has 2 N–H and O–H groups in total. The van der Waals surface area contributed by atoms with Crippen LogP contribution < -0.4 is 5.73 Å². The van der Waals surface area contributed by atoms with Crippen LogP contribution in [0.5, 0.6) is 0 Å². The van der Waals surface area contributed by atoms with Gasteiger partial charge in [0.2, 0.25) is 0 Å². The first kappa shape index (κ1) is 12.1. The second-order valence-corrected chi connectivity index (χ2v) is 5.48. The molecule has 0 amide bonds. The summed E-state index contributed by atoms with van der Waals surface area (Å²) in [6.07, 6.45) is 5.95. The molecular formula is C13H22N4O. The summed E-state index contributed by atoms with van der Waals surface area (Å²) in [6, 6.07) is 0. The first-order valence-electron chi connectivity index (χ1n) is 7.08. The lowest BCUT2D eigenvalue weighted by molar-refractivity contribution is 0.193. The van der Waals surface area contributed by atoms with Gasteiger partial charge in [0.15, 0.2) is 0 Å². The molecule has 1 atom stereocenters. The summed E-state index contributed by atoms with van der Waals surface area (Å²) in [7, 11) is 0. The smallest absolute Gasteiger partial charge is 0.0875 e. The molecule has 1 saturated heterocycles. The van der Waals surface area contributed by atoms with Gasteiger partial charge in [0.25, 0.3) is 0 Å². The van der Waals surface area contributed by atoms with E-state index >= 15 is 0 Å². The minimum Gasteiger partial charge on any atom is -0.381 e. The molecule has 2 heterocycles. The maximum atomic E-state index is 5.66. The van der Waals surface area contributed by atoms with Crippen molar-refractivity contribution < 1.29 is 4.74 Å². The fourth-order valence-electron chi connectivity index (χ4n) is 2.74. The lowest BCUT2D eigenvalue weighted by Crippen LogP contribution is -2.13. The molecule has 3 rings (SSSR count). The molecule has 2 aliphatic rings. The summed E-state index contributed by atoms with van der Waals surface area (Å²) >= 11 is 0. The van der Waals surface area contributed by atoms with Crippen LogP contribution in [-0.4, -0.2) is 34.8 Å². The minimum atomic E-state index is 0.473. The quantitative estimate of drug-likeness (QED) is 0.820. The summed E-state index contributed by atoms with van der Waals surface area (Å²) in [6.45, 7) is 3.32. The summed E-state index contributed by atoms with van der Waals surface area (Å²) in [5, 5.41) is 8.66. The van der Waals surface area contributed by atoms with Crippen molar-refractivity contribution in [1.82, 2.24) is 15.0 Å². The molecule has 1 aliphatic heterocycles. The standard InChI is InChI=1S/C13H22N4O/c14-6-3-12-13(11-5-8-18-9-11)17(16-15-12)7-4-10-1-2-10/h10-11H,1-9,14H2. The average molecular weight is 250 g/mol. The van der Waals surface area contributed by atoms with Crippen molar-refractivity contribution in [1.29, 1.82) is 0 Å². The third-order valence-electron chi connectivity index (χ3n) is 3.99. The van der Waals surface area contributed by atoms with E-state index in [2.05, 4.69) is 15.0 Å². The maximum Gasteiger partial charge on any atom is 0.0875 e. The van der Waals surface area contributed by atoms with Gasteiger partial charge in [-0.3, -0.25) is 0 Å². The van der Waals surface area contributed by atoms with Gasteiger partial charge < -0.3 is 10.5 Å². The average Bonchev–Trinajstić information content (AvgIpc) is 2.89. The van der Waals surface area contributed by atoms with Gasteiger partial charge in [-0.15, -0.1) is 5.10 Å². The molecule has 1 saturated carbocycles. The predicted molar refractivity (Wildman–Crippen MR) is 68.3 cm³/mol. The van der Waals surface area contributed by atoms with Gasteiger partial charge >= 0.3 is 0 Å². The number of aryl methyl sites for hydroxylation is 1. The molecule has 1 aromatic rings. The molecule has 2 fully saturated rings. The number of hydrogen-bond acceptors (Lipinski definition) is 4. The van der Waals surface area contributed by atoms with E-state index in [0.29, 0.717) is 12.5 Å². The molecule has 1 aromatic heterocycles. The van der Waals surface area contributed by atoms with Crippen molar-refractivity contribution in [3.63, 3.8) is 0 Å². The Kier molecular flexibility index (Phi) is 3.61.